The van der Waals surface area contributed by atoms with Crippen LogP contribution in [0.15, 0.2) is 23.4 Å². The molecule has 1 atom stereocenters. The van der Waals surface area contributed by atoms with Crippen LogP contribution in [0.25, 0.3) is 0 Å². The van der Waals surface area contributed by atoms with Crippen molar-refractivity contribution in [2.75, 3.05) is 0 Å². The first-order valence-electron chi connectivity index (χ1n) is 4.62. The summed E-state index contributed by atoms with van der Waals surface area (Å²) in [6, 6.07) is 4.53. The first kappa shape index (κ1) is 9.79. The number of nitrogens with zero attached hydrogens (tertiary/aromatic N) is 1. The van der Waals surface area contributed by atoms with Gasteiger partial charge >= 0.3 is 5.97 Å². The Kier molecular flexibility index (Phi) is 2.47. The van der Waals surface area contributed by atoms with Crippen LogP contribution in [0, 0.1) is 4.91 Å². The van der Waals surface area contributed by atoms with Gasteiger partial charge in [-0.15, -0.1) is 4.91 Å². The fourth-order valence-corrected chi connectivity index (χ4v) is 1.73. The van der Waals surface area contributed by atoms with E-state index >= 15 is 0 Å². The summed E-state index contributed by atoms with van der Waals surface area (Å²) in [5, 5.41) is 14.6. The van der Waals surface area contributed by atoms with Gasteiger partial charge in [0, 0.05) is 6.54 Å². The van der Waals surface area contributed by atoms with E-state index in [0.29, 0.717) is 18.7 Å². The van der Waals surface area contributed by atoms with Gasteiger partial charge in [-0.05, 0) is 34.9 Å². The van der Waals surface area contributed by atoms with Crippen LogP contribution in [0.1, 0.15) is 11.1 Å². The van der Waals surface area contributed by atoms with Crippen molar-refractivity contribution in [2.45, 2.75) is 19.0 Å². The minimum Gasteiger partial charge on any atom is -0.480 e. The standard InChI is InChI=1S/C10H10N2O3/c13-10(14)9-4-6-1-2-8(12-15)3-7(6)5-11-9/h1-3,9,11H,4-5H2,(H,13,14)/t9-/m0/s1. The molecule has 0 saturated carbocycles. The monoisotopic (exact) mass is 206 g/mol. The SMILES string of the molecule is O=Nc1ccc2c(c1)CN[C@H](C(=O)O)C2. The molecular weight excluding hydrogens is 196 g/mol. The zero-order valence-corrected chi connectivity index (χ0v) is 7.93. The molecule has 1 aliphatic heterocycles. The Morgan fingerprint density at radius 2 is 2.27 bits per heavy atom. The Morgan fingerprint density at radius 3 is 2.93 bits per heavy atom. The van der Waals surface area contributed by atoms with Crippen molar-refractivity contribution in [1.29, 1.82) is 0 Å². The van der Waals surface area contributed by atoms with Crippen LogP contribution >= 0.6 is 0 Å². The lowest BCUT2D eigenvalue weighted by atomic mass is 9.95. The van der Waals surface area contributed by atoms with E-state index in [0.717, 1.165) is 11.1 Å². The molecule has 0 radical (unpaired) electrons. The second-order valence-corrected chi connectivity index (χ2v) is 3.52. The molecule has 0 unspecified atom stereocenters. The number of hydrogen-bond acceptors (Lipinski definition) is 4. The van der Waals surface area contributed by atoms with Gasteiger partial charge in [0.15, 0.2) is 0 Å². The van der Waals surface area contributed by atoms with E-state index < -0.39 is 12.0 Å². The average molecular weight is 206 g/mol. The molecule has 2 N–H and O–H groups in total. The molecule has 1 aliphatic rings. The Labute approximate surface area is 86.1 Å². The maximum atomic E-state index is 10.8. The molecule has 0 fully saturated rings. The van der Waals surface area contributed by atoms with Gasteiger partial charge in [0.1, 0.15) is 11.7 Å². The Hall–Kier alpha value is -1.75. The molecule has 15 heavy (non-hydrogen) atoms. The quantitative estimate of drug-likeness (QED) is 0.712. The molecule has 0 amide bonds. The highest BCUT2D eigenvalue weighted by Crippen LogP contribution is 2.22. The van der Waals surface area contributed by atoms with Gasteiger partial charge in [-0.2, -0.15) is 0 Å². The predicted molar refractivity (Wildman–Crippen MR) is 53.9 cm³/mol. The fourth-order valence-electron chi connectivity index (χ4n) is 1.73. The zero-order chi connectivity index (χ0) is 10.8. The lowest BCUT2D eigenvalue weighted by Crippen LogP contribution is -2.41. The zero-order valence-electron chi connectivity index (χ0n) is 7.93. The molecule has 0 spiro atoms. The topological polar surface area (TPSA) is 78.8 Å². The van der Waals surface area contributed by atoms with Crippen molar-refractivity contribution in [3.63, 3.8) is 0 Å². The number of carboxylic acids is 1. The van der Waals surface area contributed by atoms with Gasteiger partial charge in [0.2, 0.25) is 0 Å². The number of aliphatic carboxylic acids is 1. The molecule has 0 aliphatic carbocycles. The van der Waals surface area contributed by atoms with Crippen LogP contribution in [0.2, 0.25) is 0 Å². The smallest absolute Gasteiger partial charge is 0.321 e. The fraction of sp³-hybridized carbons (Fsp3) is 0.300. The van der Waals surface area contributed by atoms with Crippen LogP contribution in [-0.2, 0) is 17.8 Å². The van der Waals surface area contributed by atoms with Gasteiger partial charge < -0.3 is 10.4 Å². The molecular formula is C10H10N2O3. The number of hydrogen-bond donors (Lipinski definition) is 2. The van der Waals surface area contributed by atoms with Crippen LogP contribution in [0.3, 0.4) is 0 Å². The minimum atomic E-state index is -0.849. The summed E-state index contributed by atoms with van der Waals surface area (Å²) >= 11 is 0. The molecule has 5 heteroatoms. The molecule has 0 saturated heterocycles. The molecule has 5 nitrogen and oxygen atoms in total. The lowest BCUT2D eigenvalue weighted by molar-refractivity contribution is -0.139. The van der Waals surface area contributed by atoms with Crippen molar-refractivity contribution in [3.8, 4) is 0 Å². The highest BCUT2D eigenvalue weighted by molar-refractivity contribution is 5.74. The van der Waals surface area contributed by atoms with Crippen LogP contribution < -0.4 is 5.32 Å². The number of carboxylic acid groups (broad SMARTS) is 1. The third kappa shape index (κ3) is 1.87. The number of nitrogens with one attached hydrogen (secondary N) is 1. The largest absolute Gasteiger partial charge is 0.480 e. The first-order valence-corrected chi connectivity index (χ1v) is 4.62. The summed E-state index contributed by atoms with van der Waals surface area (Å²) in [4.78, 5) is 21.1. The van der Waals surface area contributed by atoms with E-state index in [4.69, 9.17) is 5.11 Å². The Bertz CT molecular complexity index is 417. The second kappa shape index (κ2) is 3.78. The minimum absolute atomic E-state index is 0.379. The third-order valence-electron chi connectivity index (χ3n) is 2.56. The molecule has 1 aromatic carbocycles. The van der Waals surface area contributed by atoms with Gasteiger partial charge in [-0.3, -0.25) is 4.79 Å². The van der Waals surface area contributed by atoms with E-state index in [1.807, 2.05) is 0 Å². The maximum Gasteiger partial charge on any atom is 0.321 e. The van der Waals surface area contributed by atoms with Crippen molar-refractivity contribution in [3.05, 3.63) is 34.2 Å². The number of carbonyl (C=O) groups is 1. The molecule has 0 aromatic heterocycles. The van der Waals surface area contributed by atoms with E-state index in [9.17, 15) is 9.70 Å². The summed E-state index contributed by atoms with van der Waals surface area (Å²) in [5.41, 5.74) is 2.29. The second-order valence-electron chi connectivity index (χ2n) is 3.52. The third-order valence-corrected chi connectivity index (χ3v) is 2.56. The van der Waals surface area contributed by atoms with E-state index in [1.165, 1.54) is 0 Å². The summed E-state index contributed by atoms with van der Waals surface area (Å²) in [6.45, 7) is 0.468. The number of fused-ring (bicyclic) bond motifs is 1. The Morgan fingerprint density at radius 1 is 1.47 bits per heavy atom. The summed E-state index contributed by atoms with van der Waals surface area (Å²) < 4.78 is 0. The van der Waals surface area contributed by atoms with E-state index in [-0.39, 0.29) is 0 Å². The number of benzene rings is 1. The first-order chi connectivity index (χ1) is 7.20. The van der Waals surface area contributed by atoms with Gasteiger partial charge in [0.25, 0.3) is 0 Å². The Balaban J connectivity index is 2.28. The number of nitroso groups, excluding NO2 is 1. The summed E-state index contributed by atoms with van der Waals surface area (Å²) in [5.74, 6) is -0.849. The van der Waals surface area contributed by atoms with Crippen LogP contribution in [0.5, 0.6) is 0 Å². The van der Waals surface area contributed by atoms with E-state index in [2.05, 4.69) is 10.5 Å². The number of rotatable bonds is 2. The van der Waals surface area contributed by atoms with Gasteiger partial charge in [-0.25, -0.2) is 0 Å². The lowest BCUT2D eigenvalue weighted by Gasteiger charge is -2.22. The van der Waals surface area contributed by atoms with Crippen molar-refractivity contribution < 1.29 is 9.90 Å². The van der Waals surface area contributed by atoms with Gasteiger partial charge in [-0.1, -0.05) is 6.07 Å². The van der Waals surface area contributed by atoms with Crippen LogP contribution in [-0.4, -0.2) is 17.1 Å². The molecule has 78 valence electrons. The van der Waals surface area contributed by atoms with Crippen molar-refractivity contribution in [1.82, 2.24) is 5.32 Å². The average Bonchev–Trinajstić information content (AvgIpc) is 2.27. The molecule has 2 rings (SSSR count). The van der Waals surface area contributed by atoms with Crippen molar-refractivity contribution >= 4 is 11.7 Å². The van der Waals surface area contributed by atoms with Gasteiger partial charge in [0.05, 0.1) is 0 Å². The van der Waals surface area contributed by atoms with Crippen LogP contribution in [0.4, 0.5) is 5.69 Å². The predicted octanol–water partition coefficient (Wildman–Crippen LogP) is 1.18. The van der Waals surface area contributed by atoms with Crippen molar-refractivity contribution in [2.24, 2.45) is 5.18 Å². The highest BCUT2D eigenvalue weighted by atomic mass is 16.4. The summed E-state index contributed by atoms with van der Waals surface area (Å²) in [6.07, 6.45) is 0.448. The highest BCUT2D eigenvalue weighted by Gasteiger charge is 2.23. The molecule has 1 heterocycles. The molecule has 0 bridgehead atoms. The normalized spacial score (nSPS) is 19.3. The molecule has 1 aromatic rings. The van der Waals surface area contributed by atoms with E-state index in [1.54, 1.807) is 18.2 Å². The maximum absolute atomic E-state index is 10.8. The summed E-state index contributed by atoms with van der Waals surface area (Å²) in [7, 11) is 0.